The van der Waals surface area contributed by atoms with E-state index in [9.17, 15) is 0 Å². The van der Waals surface area contributed by atoms with Gasteiger partial charge < -0.3 is 4.90 Å². The van der Waals surface area contributed by atoms with Gasteiger partial charge in [-0.3, -0.25) is 0 Å². The molecule has 202 valence electrons. The third-order valence-corrected chi connectivity index (χ3v) is 11.4. The Morgan fingerprint density at radius 1 is 0.575 bits per heavy atom. The van der Waals surface area contributed by atoms with Gasteiger partial charge in [0, 0.05) is 21.5 Å². The van der Waals surface area contributed by atoms with Crippen molar-refractivity contribution in [2.75, 3.05) is 4.90 Å². The molecular weight excluding hydrogens is 550 g/mol. The van der Waals surface area contributed by atoms with E-state index in [0.717, 1.165) is 43.4 Å². The summed E-state index contributed by atoms with van der Waals surface area (Å²) in [7, 11) is 0. The van der Waals surface area contributed by atoms with E-state index >= 15 is 0 Å². The normalized spacial score (nSPS) is 26.5. The van der Waals surface area contributed by atoms with Gasteiger partial charge in [0.1, 0.15) is 0 Å². The molecule has 0 aliphatic heterocycles. The zero-order valence-electron chi connectivity index (χ0n) is 23.3. The van der Waals surface area contributed by atoms with Crippen molar-refractivity contribution in [2.24, 2.45) is 17.8 Å². The maximum atomic E-state index is 3.83. The Hall–Kier alpha value is -2.84. The SMILES string of the molecule is Brc1cc2ccc1CCc1ccc(c(N(c3ccccc3)c3ccc(C45CC6CC(CC(C6)C4)C5)cc3)c1)CC2. The topological polar surface area (TPSA) is 3.24 Å². The first-order chi connectivity index (χ1) is 19.6. The largest absolute Gasteiger partial charge is 0.310 e. The van der Waals surface area contributed by atoms with Crippen molar-refractivity contribution in [1.82, 2.24) is 0 Å². The first-order valence-electron chi connectivity index (χ1n) is 15.5. The van der Waals surface area contributed by atoms with Crippen LogP contribution in [0, 0.1) is 17.8 Å². The van der Waals surface area contributed by atoms with Crippen molar-refractivity contribution in [1.29, 1.82) is 0 Å². The molecule has 8 aliphatic rings. The van der Waals surface area contributed by atoms with Crippen LogP contribution < -0.4 is 4.90 Å². The Kier molecular flexibility index (Phi) is 6.17. The highest BCUT2D eigenvalue weighted by molar-refractivity contribution is 9.10. The van der Waals surface area contributed by atoms with Crippen molar-refractivity contribution >= 4 is 33.0 Å². The molecule has 8 aliphatic carbocycles. The first-order valence-corrected chi connectivity index (χ1v) is 16.3. The molecule has 0 N–H and O–H groups in total. The second kappa shape index (κ2) is 9.91. The van der Waals surface area contributed by atoms with Crippen molar-refractivity contribution in [3.63, 3.8) is 0 Å². The van der Waals surface area contributed by atoms with Crippen LogP contribution in [-0.2, 0) is 31.1 Å². The van der Waals surface area contributed by atoms with E-state index in [1.54, 1.807) is 5.56 Å². The summed E-state index contributed by atoms with van der Waals surface area (Å²) in [6.45, 7) is 0. The average Bonchev–Trinajstić information content (AvgIpc) is 2.95. The molecule has 0 radical (unpaired) electrons. The van der Waals surface area contributed by atoms with Crippen molar-refractivity contribution in [3.05, 3.63) is 123 Å². The molecule has 12 rings (SSSR count). The summed E-state index contributed by atoms with van der Waals surface area (Å²) < 4.78 is 1.25. The summed E-state index contributed by atoms with van der Waals surface area (Å²) in [4.78, 5) is 2.52. The van der Waals surface area contributed by atoms with Gasteiger partial charge >= 0.3 is 0 Å². The van der Waals surface area contributed by atoms with Crippen LogP contribution in [0.15, 0.2) is 95.5 Å². The Labute approximate surface area is 247 Å². The molecule has 0 amide bonds. The molecule has 0 atom stereocenters. The van der Waals surface area contributed by atoms with Gasteiger partial charge in [-0.25, -0.2) is 0 Å². The Morgan fingerprint density at radius 3 is 1.80 bits per heavy atom. The fourth-order valence-electron chi connectivity index (χ4n) is 9.12. The number of hydrogen-bond acceptors (Lipinski definition) is 1. The van der Waals surface area contributed by atoms with E-state index < -0.39 is 0 Å². The standard InChI is InChI=1S/C38H38BrN/c39-36-21-26-6-10-31(36)11-7-27-9-13-32(12-8-26)37(22-27)40(34-4-2-1-3-5-34)35-16-14-33(15-17-35)38-23-28-18-29(24-38)20-30(19-28)25-38/h1-6,9-10,13-17,21-22,28-30H,7-8,11-12,18-20,23-25H2. The van der Waals surface area contributed by atoms with Gasteiger partial charge in [0.2, 0.25) is 0 Å². The monoisotopic (exact) mass is 587 g/mol. The van der Waals surface area contributed by atoms with Gasteiger partial charge in [0.25, 0.3) is 0 Å². The third kappa shape index (κ3) is 4.44. The lowest BCUT2D eigenvalue weighted by Crippen LogP contribution is -2.48. The minimum atomic E-state index is 0.438. The number of para-hydroxylation sites is 1. The predicted octanol–water partition coefficient (Wildman–Crippen LogP) is 10.3. The molecule has 4 fully saturated rings. The highest BCUT2D eigenvalue weighted by atomic mass is 79.9. The Bertz CT molecular complexity index is 1500. The molecule has 0 aromatic heterocycles. The van der Waals surface area contributed by atoms with Gasteiger partial charge in [-0.05, 0) is 152 Å². The van der Waals surface area contributed by atoms with E-state index in [-0.39, 0.29) is 0 Å². The van der Waals surface area contributed by atoms with E-state index in [1.165, 1.54) is 82.3 Å². The quantitative estimate of drug-likeness (QED) is 0.229. The van der Waals surface area contributed by atoms with E-state index in [1.807, 2.05) is 0 Å². The van der Waals surface area contributed by atoms with Crippen LogP contribution in [0.2, 0.25) is 0 Å². The maximum Gasteiger partial charge on any atom is 0.0496 e. The highest BCUT2D eigenvalue weighted by Gasteiger charge is 2.51. The summed E-state index contributed by atoms with van der Waals surface area (Å²) in [5, 5.41) is 0. The molecule has 0 saturated heterocycles. The second-order valence-electron chi connectivity index (χ2n) is 13.3. The predicted molar refractivity (Wildman–Crippen MR) is 170 cm³/mol. The fraction of sp³-hybridized carbons (Fsp3) is 0.368. The molecular formula is C38H38BrN. The van der Waals surface area contributed by atoms with Crippen molar-refractivity contribution in [2.45, 2.75) is 69.6 Å². The molecule has 0 unspecified atom stereocenters. The minimum absolute atomic E-state index is 0.438. The first kappa shape index (κ1) is 24.9. The smallest absolute Gasteiger partial charge is 0.0496 e. The number of anilines is 3. The molecule has 0 spiro atoms. The van der Waals surface area contributed by atoms with Crippen molar-refractivity contribution in [3.8, 4) is 0 Å². The summed E-state index contributed by atoms with van der Waals surface area (Å²) in [6.07, 6.45) is 12.9. The number of rotatable bonds is 4. The zero-order chi connectivity index (χ0) is 26.7. The summed E-state index contributed by atoms with van der Waals surface area (Å²) in [5.41, 5.74) is 11.5. The molecule has 1 nitrogen and oxygen atoms in total. The molecule has 4 saturated carbocycles. The lowest BCUT2D eigenvalue weighted by molar-refractivity contribution is -0.00518. The number of benzene rings is 4. The number of hydrogen-bond donors (Lipinski definition) is 0. The maximum absolute atomic E-state index is 3.83. The van der Waals surface area contributed by atoms with Gasteiger partial charge in [-0.15, -0.1) is 0 Å². The summed E-state index contributed by atoms with van der Waals surface area (Å²) in [5.74, 6) is 2.92. The number of nitrogens with zero attached hydrogens (tertiary/aromatic N) is 1. The molecule has 8 bridgehead atoms. The van der Waals surface area contributed by atoms with E-state index in [0.29, 0.717) is 5.41 Å². The molecule has 2 heteroatoms. The zero-order valence-corrected chi connectivity index (χ0v) is 24.9. The van der Waals surface area contributed by atoms with E-state index in [2.05, 4.69) is 112 Å². The van der Waals surface area contributed by atoms with Gasteiger partial charge in [0.15, 0.2) is 0 Å². The van der Waals surface area contributed by atoms with Crippen LogP contribution in [0.5, 0.6) is 0 Å². The lowest BCUT2D eigenvalue weighted by Gasteiger charge is -2.57. The number of halogens is 1. The van der Waals surface area contributed by atoms with Crippen LogP contribution in [0.4, 0.5) is 17.1 Å². The van der Waals surface area contributed by atoms with E-state index in [4.69, 9.17) is 0 Å². The molecule has 4 aromatic rings. The third-order valence-electron chi connectivity index (χ3n) is 10.7. The van der Waals surface area contributed by atoms with Crippen LogP contribution >= 0.6 is 15.9 Å². The molecule has 40 heavy (non-hydrogen) atoms. The summed E-state index contributed by atoms with van der Waals surface area (Å²) >= 11 is 3.83. The van der Waals surface area contributed by atoms with Crippen LogP contribution in [0.3, 0.4) is 0 Å². The Morgan fingerprint density at radius 2 is 1.15 bits per heavy atom. The average molecular weight is 589 g/mol. The van der Waals surface area contributed by atoms with Crippen LogP contribution in [0.25, 0.3) is 0 Å². The fourth-order valence-corrected chi connectivity index (χ4v) is 9.75. The van der Waals surface area contributed by atoms with Gasteiger partial charge in [-0.2, -0.15) is 0 Å². The van der Waals surface area contributed by atoms with Gasteiger partial charge in [-0.1, -0.05) is 70.5 Å². The second-order valence-corrected chi connectivity index (χ2v) is 14.2. The molecule has 0 heterocycles. The van der Waals surface area contributed by atoms with Crippen LogP contribution in [0.1, 0.15) is 66.3 Å². The van der Waals surface area contributed by atoms with Crippen molar-refractivity contribution < 1.29 is 0 Å². The Balaban J connectivity index is 1.19. The molecule has 4 aromatic carbocycles. The van der Waals surface area contributed by atoms with Crippen LogP contribution in [-0.4, -0.2) is 0 Å². The van der Waals surface area contributed by atoms with Gasteiger partial charge in [0.05, 0.1) is 0 Å². The number of aryl methyl sites for hydroxylation is 4. The summed E-state index contributed by atoms with van der Waals surface area (Å²) in [6, 6.07) is 35.1. The lowest BCUT2D eigenvalue weighted by atomic mass is 9.48. The highest BCUT2D eigenvalue weighted by Crippen LogP contribution is 2.60. The minimum Gasteiger partial charge on any atom is -0.310 e.